The Morgan fingerprint density at radius 2 is 1.87 bits per heavy atom. The topological polar surface area (TPSA) is 108 Å². The molecule has 2 aromatic carbocycles. The van der Waals surface area contributed by atoms with Gasteiger partial charge in [0, 0.05) is 50.3 Å². The monoisotopic (exact) mass is 549 g/mol. The maximum absolute atomic E-state index is 13.6. The smallest absolute Gasteiger partial charge is 0.250 e. The molecule has 0 aromatic heterocycles. The molecule has 3 aliphatic heterocycles. The van der Waals surface area contributed by atoms with E-state index in [9.17, 15) is 13.2 Å². The highest BCUT2D eigenvalue weighted by Crippen LogP contribution is 2.39. The average molecular weight is 550 g/mol. The van der Waals surface area contributed by atoms with Crippen LogP contribution in [0.5, 0.6) is 0 Å². The van der Waals surface area contributed by atoms with Crippen molar-refractivity contribution in [3.05, 3.63) is 53.6 Å². The molecule has 3 aliphatic rings. The first-order valence-electron chi connectivity index (χ1n) is 14.0. The molecule has 0 aliphatic carbocycles. The fraction of sp³-hybridized carbons (Fsp3) is 0.467. The molecule has 3 N–H and O–H groups in total. The zero-order valence-corrected chi connectivity index (χ0v) is 23.8. The van der Waals surface area contributed by atoms with Gasteiger partial charge in [0.1, 0.15) is 5.84 Å². The lowest BCUT2D eigenvalue weighted by molar-refractivity contribution is -0.127. The molecule has 2 fully saturated rings. The molecule has 3 heterocycles. The first kappa shape index (κ1) is 27.6. The Bertz CT molecular complexity index is 1400. The van der Waals surface area contributed by atoms with Crippen LogP contribution in [0.2, 0.25) is 0 Å². The Morgan fingerprint density at radius 3 is 2.59 bits per heavy atom. The van der Waals surface area contributed by atoms with Gasteiger partial charge in [-0.05, 0) is 73.0 Å². The molecule has 1 unspecified atom stereocenters. The van der Waals surface area contributed by atoms with E-state index in [1.807, 2.05) is 35.2 Å². The first-order valence-corrected chi connectivity index (χ1v) is 15.5. The van der Waals surface area contributed by atoms with E-state index in [1.54, 1.807) is 22.5 Å². The summed E-state index contributed by atoms with van der Waals surface area (Å²) in [4.78, 5) is 20.1. The van der Waals surface area contributed by atoms with Crippen LogP contribution in [0, 0.1) is 5.41 Å². The van der Waals surface area contributed by atoms with Gasteiger partial charge >= 0.3 is 0 Å². The molecule has 2 aromatic rings. The van der Waals surface area contributed by atoms with Crippen molar-refractivity contribution in [2.24, 2.45) is 16.1 Å². The highest BCUT2D eigenvalue weighted by atomic mass is 32.2. The van der Waals surface area contributed by atoms with Gasteiger partial charge in [0.05, 0.1) is 10.6 Å². The van der Waals surface area contributed by atoms with Crippen LogP contribution in [0.4, 0.5) is 5.69 Å². The van der Waals surface area contributed by atoms with E-state index in [1.165, 1.54) is 0 Å². The highest BCUT2D eigenvalue weighted by molar-refractivity contribution is 7.89. The zero-order chi connectivity index (χ0) is 27.6. The number of carbonyl (C=O) groups is 1. The SMILES string of the molecule is CCCN(CCC)C(=O)C1=Cc2ccc(-c3cccc(S(=O)(=O)N4CCC5(CCNC5)C4)c3)cc2N=C(N)C1. The van der Waals surface area contributed by atoms with E-state index in [-0.39, 0.29) is 11.3 Å². The largest absolute Gasteiger partial charge is 0.387 e. The molecule has 0 bridgehead atoms. The number of aliphatic imine (C=N–C) groups is 1. The molecule has 1 spiro atoms. The lowest BCUT2D eigenvalue weighted by Gasteiger charge is -2.22. The van der Waals surface area contributed by atoms with Crippen LogP contribution >= 0.6 is 0 Å². The van der Waals surface area contributed by atoms with Gasteiger partial charge in [0.2, 0.25) is 15.9 Å². The molecule has 0 radical (unpaired) electrons. The molecular formula is C30H39N5O3S. The van der Waals surface area contributed by atoms with Crippen molar-refractivity contribution in [3.63, 3.8) is 0 Å². The van der Waals surface area contributed by atoms with Crippen molar-refractivity contribution in [1.82, 2.24) is 14.5 Å². The summed E-state index contributed by atoms with van der Waals surface area (Å²) in [5.41, 5.74) is 10.1. The van der Waals surface area contributed by atoms with Gasteiger partial charge in [-0.3, -0.25) is 4.79 Å². The van der Waals surface area contributed by atoms with E-state index < -0.39 is 10.0 Å². The first-order chi connectivity index (χ1) is 18.7. The van der Waals surface area contributed by atoms with Crippen LogP contribution in [-0.2, 0) is 14.8 Å². The number of nitrogens with two attached hydrogens (primary N) is 1. The lowest BCUT2D eigenvalue weighted by atomic mass is 9.87. The van der Waals surface area contributed by atoms with Gasteiger partial charge in [0.15, 0.2) is 0 Å². The molecule has 8 nitrogen and oxygen atoms in total. The molecule has 2 saturated heterocycles. The fourth-order valence-electron chi connectivity index (χ4n) is 5.99. The van der Waals surface area contributed by atoms with Crippen LogP contribution in [-0.4, -0.2) is 68.6 Å². The Kier molecular flexibility index (Phi) is 7.94. The minimum Gasteiger partial charge on any atom is -0.387 e. The summed E-state index contributed by atoms with van der Waals surface area (Å²) in [5.74, 6) is 0.392. The number of hydrogen-bond acceptors (Lipinski definition) is 6. The molecule has 9 heteroatoms. The maximum Gasteiger partial charge on any atom is 0.250 e. The molecule has 1 amide bonds. The number of nitrogens with zero attached hydrogens (tertiary/aromatic N) is 3. The van der Waals surface area contributed by atoms with Crippen LogP contribution in [0.3, 0.4) is 0 Å². The third kappa shape index (κ3) is 5.66. The summed E-state index contributed by atoms with van der Waals surface area (Å²) in [6, 6.07) is 12.9. The van der Waals surface area contributed by atoms with Gasteiger partial charge < -0.3 is 16.0 Å². The predicted molar refractivity (Wildman–Crippen MR) is 156 cm³/mol. The molecule has 39 heavy (non-hydrogen) atoms. The highest BCUT2D eigenvalue weighted by Gasteiger charge is 2.44. The van der Waals surface area contributed by atoms with Crippen molar-refractivity contribution in [2.45, 2.75) is 50.8 Å². The van der Waals surface area contributed by atoms with Crippen LogP contribution in [0.15, 0.2) is 57.9 Å². The number of amidine groups is 1. The van der Waals surface area contributed by atoms with Gasteiger partial charge in [-0.25, -0.2) is 13.4 Å². The summed E-state index contributed by atoms with van der Waals surface area (Å²) in [5, 5.41) is 3.39. The number of carbonyl (C=O) groups excluding carboxylic acids is 1. The van der Waals surface area contributed by atoms with E-state index in [0.717, 1.165) is 55.5 Å². The number of fused-ring (bicyclic) bond motifs is 1. The lowest BCUT2D eigenvalue weighted by Crippen LogP contribution is -2.34. The van der Waals surface area contributed by atoms with E-state index in [2.05, 4.69) is 24.2 Å². The van der Waals surface area contributed by atoms with E-state index >= 15 is 0 Å². The van der Waals surface area contributed by atoms with E-state index in [0.29, 0.717) is 54.6 Å². The van der Waals surface area contributed by atoms with Crippen molar-refractivity contribution in [3.8, 4) is 11.1 Å². The summed E-state index contributed by atoms with van der Waals surface area (Å²) in [7, 11) is -3.59. The normalized spacial score (nSPS) is 21.4. The summed E-state index contributed by atoms with van der Waals surface area (Å²) in [6.45, 7) is 8.52. The minimum absolute atomic E-state index is 0.00348. The van der Waals surface area contributed by atoms with E-state index in [4.69, 9.17) is 5.73 Å². The Morgan fingerprint density at radius 1 is 1.10 bits per heavy atom. The Balaban J connectivity index is 1.42. The summed E-state index contributed by atoms with van der Waals surface area (Å²) in [6.07, 6.45) is 5.91. The van der Waals surface area contributed by atoms with Crippen LogP contribution < -0.4 is 11.1 Å². The molecule has 0 saturated carbocycles. The molecule has 5 rings (SSSR count). The second-order valence-corrected chi connectivity index (χ2v) is 13.0. The summed E-state index contributed by atoms with van der Waals surface area (Å²) >= 11 is 0. The number of sulfonamides is 1. The third-order valence-corrected chi connectivity index (χ3v) is 9.93. The second kappa shape index (κ2) is 11.2. The van der Waals surface area contributed by atoms with Crippen molar-refractivity contribution in [2.75, 3.05) is 39.3 Å². The average Bonchev–Trinajstić information content (AvgIpc) is 3.54. The van der Waals surface area contributed by atoms with Crippen molar-refractivity contribution < 1.29 is 13.2 Å². The third-order valence-electron chi connectivity index (χ3n) is 8.09. The van der Waals surface area contributed by atoms with Crippen LogP contribution in [0.1, 0.15) is 51.5 Å². The zero-order valence-electron chi connectivity index (χ0n) is 22.9. The molecule has 1 atom stereocenters. The second-order valence-electron chi connectivity index (χ2n) is 11.1. The molecule has 208 valence electrons. The van der Waals surface area contributed by atoms with Crippen molar-refractivity contribution >= 4 is 33.5 Å². The number of nitrogens with one attached hydrogen (secondary N) is 1. The predicted octanol–water partition coefficient (Wildman–Crippen LogP) is 4.15. The summed E-state index contributed by atoms with van der Waals surface area (Å²) < 4.78 is 28.7. The van der Waals surface area contributed by atoms with Crippen LogP contribution in [0.25, 0.3) is 17.2 Å². The van der Waals surface area contributed by atoms with Crippen molar-refractivity contribution in [1.29, 1.82) is 0 Å². The molecular weight excluding hydrogens is 510 g/mol. The van der Waals surface area contributed by atoms with Gasteiger partial charge in [-0.2, -0.15) is 4.31 Å². The Hall–Kier alpha value is -3.01. The van der Waals surface area contributed by atoms with Gasteiger partial charge in [-0.1, -0.05) is 38.1 Å². The quantitative estimate of drug-likeness (QED) is 0.514. The standard InChI is InChI=1S/C30H39N5O3S/c1-3-13-34(14-4-2)29(36)25-16-24-9-8-23(18-27(24)33-28(31)19-25)22-6-5-7-26(17-22)39(37,38)35-15-11-30(21-35)10-12-32-20-30/h5-9,16-18,32H,3-4,10-15,19-21H2,1-2H3,(H2,31,33). The fourth-order valence-corrected chi connectivity index (χ4v) is 7.59. The number of benzene rings is 2. The minimum atomic E-state index is -3.59. The Labute approximate surface area is 232 Å². The number of rotatable bonds is 8. The number of hydrogen-bond donors (Lipinski definition) is 2. The van der Waals surface area contributed by atoms with Gasteiger partial charge in [0.25, 0.3) is 0 Å². The number of amides is 1. The van der Waals surface area contributed by atoms with Gasteiger partial charge in [-0.15, -0.1) is 0 Å². The maximum atomic E-state index is 13.6.